The summed E-state index contributed by atoms with van der Waals surface area (Å²) in [6.45, 7) is 8.48. The van der Waals surface area contributed by atoms with Crippen molar-refractivity contribution in [2.24, 2.45) is 0 Å². The van der Waals surface area contributed by atoms with E-state index in [1.54, 1.807) is 0 Å². The molecular weight excluding hydrogens is 160 g/mol. The first-order chi connectivity index (χ1) is 5.88. The van der Waals surface area contributed by atoms with E-state index in [0.29, 0.717) is 0 Å². The maximum Gasteiger partial charge on any atom is 0.0375 e. The zero-order chi connectivity index (χ0) is 10.1. The molecule has 0 heterocycles. The zero-order valence-corrected chi connectivity index (χ0v) is 8.81. The minimum absolute atomic E-state index is 0.0981. The number of nitrogen functional groups attached to an aromatic ring is 1. The minimum Gasteiger partial charge on any atom is -0.399 e. The van der Waals surface area contributed by atoms with Gasteiger partial charge in [-0.15, -0.1) is 0 Å². The Morgan fingerprint density at radius 1 is 1.23 bits per heavy atom. The number of nitrogens with one attached hydrogen (secondary N) is 1. The number of anilines is 2. The predicted octanol–water partition coefficient (Wildman–Crippen LogP) is 2.79. The van der Waals surface area contributed by atoms with Gasteiger partial charge in [0.05, 0.1) is 0 Å². The molecule has 0 amide bonds. The SMILES string of the molecule is Cc1cc(N)ccc1NC(C)(C)C. The van der Waals surface area contributed by atoms with Crippen LogP contribution < -0.4 is 11.1 Å². The summed E-state index contributed by atoms with van der Waals surface area (Å²) < 4.78 is 0. The van der Waals surface area contributed by atoms with Crippen LogP contribution in [0.5, 0.6) is 0 Å². The molecule has 2 heteroatoms. The Morgan fingerprint density at radius 2 is 1.85 bits per heavy atom. The molecule has 0 aliphatic rings. The Kier molecular flexibility index (Phi) is 2.50. The van der Waals surface area contributed by atoms with Crippen molar-refractivity contribution in [3.63, 3.8) is 0 Å². The van der Waals surface area contributed by atoms with E-state index in [-0.39, 0.29) is 5.54 Å². The van der Waals surface area contributed by atoms with E-state index >= 15 is 0 Å². The van der Waals surface area contributed by atoms with Crippen LogP contribution in [0.2, 0.25) is 0 Å². The van der Waals surface area contributed by atoms with Crippen LogP contribution in [-0.4, -0.2) is 5.54 Å². The average molecular weight is 178 g/mol. The van der Waals surface area contributed by atoms with Gasteiger partial charge in [-0.05, 0) is 51.5 Å². The van der Waals surface area contributed by atoms with Crippen molar-refractivity contribution in [3.05, 3.63) is 23.8 Å². The van der Waals surface area contributed by atoms with Gasteiger partial charge in [0.1, 0.15) is 0 Å². The maximum absolute atomic E-state index is 5.66. The first kappa shape index (κ1) is 9.90. The zero-order valence-electron chi connectivity index (χ0n) is 8.81. The van der Waals surface area contributed by atoms with Crippen molar-refractivity contribution >= 4 is 11.4 Å². The number of nitrogens with two attached hydrogens (primary N) is 1. The standard InChI is InChI=1S/C11H18N2/c1-8-7-9(12)5-6-10(8)13-11(2,3)4/h5-7,13H,12H2,1-4H3. The van der Waals surface area contributed by atoms with Crippen molar-refractivity contribution in [2.75, 3.05) is 11.1 Å². The summed E-state index contributed by atoms with van der Waals surface area (Å²) in [5.41, 5.74) is 8.92. The second-order valence-electron chi connectivity index (χ2n) is 4.45. The van der Waals surface area contributed by atoms with Gasteiger partial charge in [0.2, 0.25) is 0 Å². The quantitative estimate of drug-likeness (QED) is 0.649. The van der Waals surface area contributed by atoms with E-state index in [0.717, 1.165) is 11.4 Å². The third-order valence-electron chi connectivity index (χ3n) is 1.76. The normalized spacial score (nSPS) is 11.4. The van der Waals surface area contributed by atoms with E-state index in [2.05, 4.69) is 33.0 Å². The molecule has 0 saturated heterocycles. The van der Waals surface area contributed by atoms with Crippen LogP contribution in [0.25, 0.3) is 0 Å². The molecule has 0 fully saturated rings. The van der Waals surface area contributed by atoms with Gasteiger partial charge in [-0.1, -0.05) is 0 Å². The lowest BCUT2D eigenvalue weighted by Gasteiger charge is -2.23. The van der Waals surface area contributed by atoms with Crippen molar-refractivity contribution in [2.45, 2.75) is 33.2 Å². The Bertz CT molecular complexity index is 297. The van der Waals surface area contributed by atoms with Crippen molar-refractivity contribution in [1.82, 2.24) is 0 Å². The van der Waals surface area contributed by atoms with Crippen LogP contribution in [0, 0.1) is 6.92 Å². The molecule has 1 aromatic rings. The molecular formula is C11H18N2. The van der Waals surface area contributed by atoms with Crippen molar-refractivity contribution in [3.8, 4) is 0 Å². The highest BCUT2D eigenvalue weighted by Crippen LogP contribution is 2.21. The summed E-state index contributed by atoms with van der Waals surface area (Å²) in [7, 11) is 0. The van der Waals surface area contributed by atoms with E-state index in [1.165, 1.54) is 5.56 Å². The Morgan fingerprint density at radius 3 is 2.31 bits per heavy atom. The molecule has 0 aliphatic heterocycles. The van der Waals surface area contributed by atoms with Gasteiger partial charge in [-0.2, -0.15) is 0 Å². The third-order valence-corrected chi connectivity index (χ3v) is 1.76. The largest absolute Gasteiger partial charge is 0.399 e. The monoisotopic (exact) mass is 178 g/mol. The molecule has 0 saturated carbocycles. The first-order valence-electron chi connectivity index (χ1n) is 4.53. The average Bonchev–Trinajstić information content (AvgIpc) is 1.93. The number of benzene rings is 1. The topological polar surface area (TPSA) is 38.0 Å². The Balaban J connectivity index is 2.90. The first-order valence-corrected chi connectivity index (χ1v) is 4.53. The fourth-order valence-corrected chi connectivity index (χ4v) is 1.23. The molecule has 3 N–H and O–H groups in total. The fourth-order valence-electron chi connectivity index (χ4n) is 1.23. The number of aryl methyl sites for hydroxylation is 1. The van der Waals surface area contributed by atoms with Crippen LogP contribution in [0.1, 0.15) is 26.3 Å². The molecule has 0 aromatic heterocycles. The third kappa shape index (κ3) is 2.98. The van der Waals surface area contributed by atoms with Crippen LogP contribution in [0.4, 0.5) is 11.4 Å². The summed E-state index contributed by atoms with van der Waals surface area (Å²) in [6, 6.07) is 5.92. The van der Waals surface area contributed by atoms with Gasteiger partial charge in [0, 0.05) is 16.9 Å². The highest BCUT2D eigenvalue weighted by atomic mass is 15.0. The summed E-state index contributed by atoms with van der Waals surface area (Å²) in [6.07, 6.45) is 0. The molecule has 1 aromatic carbocycles. The Labute approximate surface area is 80.1 Å². The molecule has 72 valence electrons. The van der Waals surface area contributed by atoms with E-state index in [9.17, 15) is 0 Å². The summed E-state index contributed by atoms with van der Waals surface area (Å²) in [4.78, 5) is 0. The number of hydrogen-bond donors (Lipinski definition) is 2. The van der Waals surface area contributed by atoms with Crippen LogP contribution in [0.15, 0.2) is 18.2 Å². The van der Waals surface area contributed by atoms with Gasteiger partial charge < -0.3 is 11.1 Å². The molecule has 0 radical (unpaired) electrons. The smallest absolute Gasteiger partial charge is 0.0375 e. The van der Waals surface area contributed by atoms with Crippen molar-refractivity contribution in [1.29, 1.82) is 0 Å². The number of hydrogen-bond acceptors (Lipinski definition) is 2. The van der Waals surface area contributed by atoms with Gasteiger partial charge in [-0.25, -0.2) is 0 Å². The molecule has 13 heavy (non-hydrogen) atoms. The van der Waals surface area contributed by atoms with Crippen LogP contribution >= 0.6 is 0 Å². The summed E-state index contributed by atoms with van der Waals surface area (Å²) >= 11 is 0. The molecule has 0 spiro atoms. The highest BCUT2D eigenvalue weighted by molar-refractivity contribution is 5.58. The lowest BCUT2D eigenvalue weighted by molar-refractivity contribution is 0.633. The van der Waals surface area contributed by atoms with E-state index in [1.807, 2.05) is 18.2 Å². The molecule has 1 rings (SSSR count). The molecule has 0 bridgehead atoms. The lowest BCUT2D eigenvalue weighted by atomic mass is 10.1. The molecule has 2 nitrogen and oxygen atoms in total. The Hall–Kier alpha value is -1.18. The number of rotatable bonds is 1. The fraction of sp³-hybridized carbons (Fsp3) is 0.455. The van der Waals surface area contributed by atoms with Gasteiger partial charge in [0.15, 0.2) is 0 Å². The molecule has 0 aliphatic carbocycles. The highest BCUT2D eigenvalue weighted by Gasteiger charge is 2.10. The second kappa shape index (κ2) is 3.29. The van der Waals surface area contributed by atoms with Gasteiger partial charge in [0.25, 0.3) is 0 Å². The summed E-state index contributed by atoms with van der Waals surface area (Å²) in [5.74, 6) is 0. The van der Waals surface area contributed by atoms with E-state index < -0.39 is 0 Å². The van der Waals surface area contributed by atoms with Crippen LogP contribution in [-0.2, 0) is 0 Å². The van der Waals surface area contributed by atoms with E-state index in [4.69, 9.17) is 5.73 Å². The van der Waals surface area contributed by atoms with Gasteiger partial charge in [-0.3, -0.25) is 0 Å². The van der Waals surface area contributed by atoms with Crippen molar-refractivity contribution < 1.29 is 0 Å². The molecule has 0 unspecified atom stereocenters. The molecule has 0 atom stereocenters. The van der Waals surface area contributed by atoms with Gasteiger partial charge >= 0.3 is 0 Å². The van der Waals surface area contributed by atoms with Crippen LogP contribution in [0.3, 0.4) is 0 Å². The lowest BCUT2D eigenvalue weighted by Crippen LogP contribution is -2.26. The minimum atomic E-state index is 0.0981. The maximum atomic E-state index is 5.66. The second-order valence-corrected chi connectivity index (χ2v) is 4.45. The predicted molar refractivity (Wildman–Crippen MR) is 59.0 cm³/mol. The summed E-state index contributed by atoms with van der Waals surface area (Å²) in [5, 5.41) is 3.42.